The van der Waals surface area contributed by atoms with Gasteiger partial charge < -0.3 is 19.9 Å². The molecule has 1 aliphatic rings. The van der Waals surface area contributed by atoms with E-state index >= 15 is 0 Å². The van der Waals surface area contributed by atoms with E-state index < -0.39 is 18.1 Å². The molecule has 1 aliphatic heterocycles. The molecule has 6 heteroatoms. The highest BCUT2D eigenvalue weighted by molar-refractivity contribution is 5.86. The van der Waals surface area contributed by atoms with E-state index in [-0.39, 0.29) is 17.4 Å². The second kappa shape index (κ2) is 9.23. The summed E-state index contributed by atoms with van der Waals surface area (Å²) in [5, 5.41) is 11.8. The summed E-state index contributed by atoms with van der Waals surface area (Å²) < 4.78 is 11.1. The molecule has 0 saturated carbocycles. The second-order valence-electron chi connectivity index (χ2n) is 7.46. The number of hydrogen-bond donors (Lipinski definition) is 2. The maximum atomic E-state index is 12.1. The van der Waals surface area contributed by atoms with E-state index in [0.29, 0.717) is 13.0 Å². The highest BCUT2D eigenvalue weighted by Gasteiger charge is 2.26. The first-order valence-corrected chi connectivity index (χ1v) is 8.45. The lowest BCUT2D eigenvalue weighted by Crippen LogP contribution is -2.46. The summed E-state index contributed by atoms with van der Waals surface area (Å²) in [4.78, 5) is 23.4. The van der Waals surface area contributed by atoms with E-state index in [9.17, 15) is 14.7 Å². The van der Waals surface area contributed by atoms with Crippen molar-refractivity contribution in [3.63, 3.8) is 0 Å². The van der Waals surface area contributed by atoms with Crippen LogP contribution in [0, 0.1) is 5.41 Å². The number of carboxylic acid groups (broad SMARTS) is 1. The quantitative estimate of drug-likeness (QED) is 0.714. The summed E-state index contributed by atoms with van der Waals surface area (Å²) in [5.41, 5.74) is 0.0267. The number of rotatable bonds is 8. The van der Waals surface area contributed by atoms with Crippen LogP contribution in [-0.2, 0) is 19.1 Å². The Kier molecular flexibility index (Phi) is 7.99. The molecule has 0 radical (unpaired) electrons. The SMILES string of the molecule is CC(OCC1CCCCO1)C(=O)NC(CCC(C)(C)C)C(=O)O. The minimum atomic E-state index is -1.01. The van der Waals surface area contributed by atoms with Crippen molar-refractivity contribution in [1.82, 2.24) is 5.32 Å². The smallest absolute Gasteiger partial charge is 0.326 e. The Morgan fingerprint density at radius 2 is 2.04 bits per heavy atom. The van der Waals surface area contributed by atoms with Crippen LogP contribution in [-0.4, -0.2) is 48.4 Å². The highest BCUT2D eigenvalue weighted by atomic mass is 16.5. The molecule has 1 amide bonds. The largest absolute Gasteiger partial charge is 0.480 e. The van der Waals surface area contributed by atoms with Crippen LogP contribution in [0.25, 0.3) is 0 Å². The molecule has 1 saturated heterocycles. The Morgan fingerprint density at radius 3 is 2.57 bits per heavy atom. The van der Waals surface area contributed by atoms with Gasteiger partial charge in [-0.3, -0.25) is 4.79 Å². The summed E-state index contributed by atoms with van der Waals surface area (Å²) >= 11 is 0. The predicted octanol–water partition coefficient (Wildman–Crippen LogP) is 2.36. The summed E-state index contributed by atoms with van der Waals surface area (Å²) in [7, 11) is 0. The minimum Gasteiger partial charge on any atom is -0.480 e. The molecule has 0 aliphatic carbocycles. The standard InChI is InChI=1S/C17H31NO5/c1-12(23-11-13-7-5-6-10-22-13)15(19)18-14(16(20)21)8-9-17(2,3)4/h12-14H,5-11H2,1-4H3,(H,18,19)(H,20,21). The van der Waals surface area contributed by atoms with Gasteiger partial charge in [0.05, 0.1) is 12.7 Å². The number of amides is 1. The average molecular weight is 329 g/mol. The number of carbonyl (C=O) groups is 2. The van der Waals surface area contributed by atoms with Gasteiger partial charge in [-0.2, -0.15) is 0 Å². The first-order valence-electron chi connectivity index (χ1n) is 8.45. The molecule has 6 nitrogen and oxygen atoms in total. The third-order valence-electron chi connectivity index (χ3n) is 3.97. The van der Waals surface area contributed by atoms with Gasteiger partial charge in [0.15, 0.2) is 0 Å². The monoisotopic (exact) mass is 329 g/mol. The fourth-order valence-electron chi connectivity index (χ4n) is 2.39. The molecule has 1 heterocycles. The molecule has 0 aromatic rings. The van der Waals surface area contributed by atoms with Crippen molar-refractivity contribution in [2.45, 2.75) is 78.0 Å². The van der Waals surface area contributed by atoms with Crippen molar-refractivity contribution in [1.29, 1.82) is 0 Å². The van der Waals surface area contributed by atoms with Crippen LogP contribution in [0.3, 0.4) is 0 Å². The first kappa shape index (κ1) is 19.9. The molecular formula is C17H31NO5. The third kappa shape index (κ3) is 8.32. The molecule has 0 bridgehead atoms. The number of carboxylic acids is 1. The Morgan fingerprint density at radius 1 is 1.35 bits per heavy atom. The lowest BCUT2D eigenvalue weighted by atomic mass is 9.88. The van der Waals surface area contributed by atoms with E-state index in [4.69, 9.17) is 9.47 Å². The molecule has 3 atom stereocenters. The molecule has 2 N–H and O–H groups in total. The number of hydrogen-bond acceptors (Lipinski definition) is 4. The maximum absolute atomic E-state index is 12.1. The van der Waals surface area contributed by atoms with Gasteiger partial charge in [-0.25, -0.2) is 4.79 Å². The van der Waals surface area contributed by atoms with Gasteiger partial charge in [0.25, 0.3) is 0 Å². The normalized spacial score (nSPS) is 21.5. The Labute approximate surface area is 138 Å². The molecule has 0 spiro atoms. The van der Waals surface area contributed by atoms with Gasteiger partial charge >= 0.3 is 5.97 Å². The van der Waals surface area contributed by atoms with Crippen molar-refractivity contribution in [2.75, 3.05) is 13.2 Å². The van der Waals surface area contributed by atoms with E-state index in [1.54, 1.807) is 6.92 Å². The van der Waals surface area contributed by atoms with Crippen LogP contribution in [0.15, 0.2) is 0 Å². The molecular weight excluding hydrogens is 298 g/mol. The van der Waals surface area contributed by atoms with Crippen LogP contribution in [0.4, 0.5) is 0 Å². The Bertz CT molecular complexity index is 385. The lowest BCUT2D eigenvalue weighted by Gasteiger charge is -2.25. The summed E-state index contributed by atoms with van der Waals surface area (Å²) in [6.45, 7) is 8.88. The first-order chi connectivity index (χ1) is 10.7. The highest BCUT2D eigenvalue weighted by Crippen LogP contribution is 2.21. The number of ether oxygens (including phenoxy) is 2. The van der Waals surface area contributed by atoms with Gasteiger partial charge in [0.2, 0.25) is 5.91 Å². The summed E-state index contributed by atoms with van der Waals surface area (Å²) in [5.74, 6) is -1.40. The van der Waals surface area contributed by atoms with Gasteiger partial charge in [-0.05, 0) is 44.4 Å². The van der Waals surface area contributed by atoms with Crippen molar-refractivity contribution < 1.29 is 24.2 Å². The maximum Gasteiger partial charge on any atom is 0.326 e. The lowest BCUT2D eigenvalue weighted by molar-refractivity contribution is -0.145. The van der Waals surface area contributed by atoms with Gasteiger partial charge in [0, 0.05) is 6.61 Å². The van der Waals surface area contributed by atoms with Crippen LogP contribution < -0.4 is 5.32 Å². The fraction of sp³-hybridized carbons (Fsp3) is 0.882. The second-order valence-corrected chi connectivity index (χ2v) is 7.46. The topological polar surface area (TPSA) is 84.9 Å². The van der Waals surface area contributed by atoms with Gasteiger partial charge in [-0.15, -0.1) is 0 Å². The zero-order chi connectivity index (χ0) is 17.5. The van der Waals surface area contributed by atoms with Crippen LogP contribution in [0.5, 0.6) is 0 Å². The molecule has 134 valence electrons. The molecule has 23 heavy (non-hydrogen) atoms. The van der Waals surface area contributed by atoms with Crippen molar-refractivity contribution in [3.05, 3.63) is 0 Å². The third-order valence-corrected chi connectivity index (χ3v) is 3.97. The predicted molar refractivity (Wildman–Crippen MR) is 87.3 cm³/mol. The van der Waals surface area contributed by atoms with E-state index in [2.05, 4.69) is 5.32 Å². The van der Waals surface area contributed by atoms with Gasteiger partial charge in [-0.1, -0.05) is 20.8 Å². The number of nitrogens with one attached hydrogen (secondary N) is 1. The van der Waals surface area contributed by atoms with Crippen molar-refractivity contribution >= 4 is 11.9 Å². The summed E-state index contributed by atoms with van der Waals surface area (Å²) in [6, 6.07) is -0.876. The molecule has 0 aromatic carbocycles. The van der Waals surface area contributed by atoms with E-state index in [1.165, 1.54) is 0 Å². The molecule has 1 fully saturated rings. The van der Waals surface area contributed by atoms with Crippen LogP contribution in [0.2, 0.25) is 0 Å². The van der Waals surface area contributed by atoms with Crippen molar-refractivity contribution in [2.24, 2.45) is 5.41 Å². The average Bonchev–Trinajstić information content (AvgIpc) is 2.48. The zero-order valence-corrected chi connectivity index (χ0v) is 14.8. The molecule has 1 rings (SSSR count). The van der Waals surface area contributed by atoms with E-state index in [0.717, 1.165) is 32.3 Å². The Balaban J connectivity index is 2.38. The fourth-order valence-corrected chi connectivity index (χ4v) is 2.39. The van der Waals surface area contributed by atoms with E-state index in [1.807, 2.05) is 20.8 Å². The number of carbonyl (C=O) groups excluding carboxylic acids is 1. The van der Waals surface area contributed by atoms with Crippen LogP contribution in [0.1, 0.15) is 59.8 Å². The summed E-state index contributed by atoms with van der Waals surface area (Å²) in [6.07, 6.45) is 3.60. The van der Waals surface area contributed by atoms with Crippen LogP contribution >= 0.6 is 0 Å². The van der Waals surface area contributed by atoms with Crippen molar-refractivity contribution in [3.8, 4) is 0 Å². The zero-order valence-electron chi connectivity index (χ0n) is 14.8. The Hall–Kier alpha value is -1.14. The minimum absolute atomic E-state index is 0.0267. The molecule has 3 unspecified atom stereocenters. The van der Waals surface area contributed by atoms with Gasteiger partial charge in [0.1, 0.15) is 12.1 Å². The number of aliphatic carboxylic acids is 1. The molecule has 0 aromatic heterocycles.